The Balaban J connectivity index is -0.00000000542. The van der Waals surface area contributed by atoms with Gasteiger partial charge >= 0.3 is 104 Å². The van der Waals surface area contributed by atoms with E-state index in [1.165, 1.54) is 0 Å². The van der Waals surface area contributed by atoms with Crippen LogP contribution in [-0.4, -0.2) is 34.2 Å². The summed E-state index contributed by atoms with van der Waals surface area (Å²) in [5.74, 6) is 0. The molecule has 104 valence electrons. The molecule has 8 N–H and O–H groups in total. The van der Waals surface area contributed by atoms with E-state index < -0.39 is 12.3 Å². The third-order valence-electron chi connectivity index (χ3n) is 0. The van der Waals surface area contributed by atoms with Crippen LogP contribution in [0.25, 0.3) is 0 Å². The van der Waals surface area contributed by atoms with Crippen molar-refractivity contribution in [2.75, 3.05) is 0 Å². The fourth-order valence-electron chi connectivity index (χ4n) is 0. The number of carboxylic acid groups (broad SMARTS) is 4. The number of carbonyl (C=O) groups excluding carboxylic acids is 2. The first-order valence-corrected chi connectivity index (χ1v) is 5.72. The molecular weight excluding hydrogens is 559 g/mol. The van der Waals surface area contributed by atoms with Crippen LogP contribution in [0, 0.1) is 0 Å². The Labute approximate surface area is 167 Å². The topological polar surface area (TPSA) is 304 Å². The molecule has 0 radical (unpaired) electrons. The van der Waals surface area contributed by atoms with Gasteiger partial charge < -0.3 is 51.9 Å². The molecule has 0 unspecified atom stereocenters. The quantitative estimate of drug-likeness (QED) is 0.251. The summed E-state index contributed by atoms with van der Waals surface area (Å²) in [5.41, 5.74) is 0. The van der Waals surface area contributed by atoms with E-state index in [0.29, 0.717) is 0 Å². The maximum atomic E-state index is 8.38. The smallest absolute Gasteiger partial charge is 2.00 e. The van der Waals surface area contributed by atoms with Crippen molar-refractivity contribution >= 4 is 12.3 Å². The molecule has 18 heteroatoms. The molecular formula is C2H8O13Zn5. The SMILES string of the molecule is O.O.O.O.O=C([O-])[O-].O=C([O-])[O-].[O]=[Zn].[O]=[Zn].[O]=[Zn].[Zn+2].[Zn+2]. The molecule has 0 rings (SSSR count). The first-order chi connectivity index (χ1) is 6.46. The molecule has 0 aliphatic carbocycles. The zero-order valence-electron chi connectivity index (χ0n) is 10.2. The molecule has 0 spiro atoms. The summed E-state index contributed by atoms with van der Waals surface area (Å²) in [5, 5.41) is 33.3. The van der Waals surface area contributed by atoms with Crippen molar-refractivity contribution in [3.8, 4) is 0 Å². The second-order valence-electron chi connectivity index (χ2n) is 0.500. The molecule has 0 aliphatic rings. The second kappa shape index (κ2) is 149. The molecule has 0 saturated carbocycles. The molecule has 0 amide bonds. The predicted molar refractivity (Wildman–Crippen MR) is 27.3 cm³/mol. The van der Waals surface area contributed by atoms with E-state index in [-0.39, 0.29) is 116 Å². The maximum absolute atomic E-state index is 8.38. The number of hydrogen-bond donors (Lipinski definition) is 0. The molecule has 0 fully saturated rings. The van der Waals surface area contributed by atoms with E-state index in [2.05, 4.69) is 0 Å². The molecule has 0 aromatic carbocycles. The van der Waals surface area contributed by atoms with Crippen LogP contribution in [0.5, 0.6) is 0 Å². The first-order valence-electron chi connectivity index (χ1n) is 2.09. The van der Waals surface area contributed by atoms with Crippen molar-refractivity contribution in [3.05, 3.63) is 0 Å². The average molecular weight is 567 g/mol. The zero-order chi connectivity index (χ0) is 13.2. The molecule has 0 saturated heterocycles. The van der Waals surface area contributed by atoms with Gasteiger partial charge in [-0.3, -0.25) is 0 Å². The van der Waals surface area contributed by atoms with Crippen molar-refractivity contribution in [2.45, 2.75) is 0 Å². The van der Waals surface area contributed by atoms with Gasteiger partial charge in [0, 0.05) is 0 Å². The second-order valence-corrected chi connectivity index (χ2v) is 0.500. The Bertz CT molecular complexity index is 109. The first kappa shape index (κ1) is 84.5. The minimum absolute atomic E-state index is 0. The molecule has 13 nitrogen and oxygen atoms in total. The standard InChI is InChI=1S/2CH2O3.4H2O.3O.5Zn/c2*2-1(3)4;;;;;;;;;;;;/h2*(H2,2,3,4);4*1H2;;;;;;;;/q;;;;;;;;;;;;2*+2/p-4. The largest absolute Gasteiger partial charge is 2.00 e. The summed E-state index contributed by atoms with van der Waals surface area (Å²) < 4.78 is 25.1. The summed E-state index contributed by atoms with van der Waals surface area (Å²) >= 11 is 0.375. The van der Waals surface area contributed by atoms with Crippen molar-refractivity contribution in [1.82, 2.24) is 0 Å². The van der Waals surface area contributed by atoms with Crippen molar-refractivity contribution < 1.29 is 156 Å². The summed E-state index contributed by atoms with van der Waals surface area (Å²) in [6.45, 7) is 0. The fraction of sp³-hybridized carbons (Fsp3) is 0. The molecule has 0 bridgehead atoms. The predicted octanol–water partition coefficient (Wildman–Crippen LogP) is -8.56. The van der Waals surface area contributed by atoms with E-state index in [4.69, 9.17) is 40.7 Å². The normalized spacial score (nSPS) is 3.30. The van der Waals surface area contributed by atoms with E-state index in [0.717, 1.165) is 0 Å². The van der Waals surface area contributed by atoms with E-state index in [1.54, 1.807) is 0 Å². The van der Waals surface area contributed by atoms with Gasteiger partial charge in [-0.1, -0.05) is 0 Å². The van der Waals surface area contributed by atoms with E-state index >= 15 is 0 Å². The van der Waals surface area contributed by atoms with Gasteiger partial charge in [-0.15, -0.1) is 0 Å². The minimum Gasteiger partial charge on any atom is 2.00 e. The summed E-state index contributed by atoms with van der Waals surface area (Å²) in [6.07, 6.45) is -4.67. The van der Waals surface area contributed by atoms with Crippen LogP contribution in [0.4, 0.5) is 9.59 Å². The monoisotopic (exact) mass is 560 g/mol. The van der Waals surface area contributed by atoms with Crippen LogP contribution in [0.3, 0.4) is 0 Å². The van der Waals surface area contributed by atoms with Crippen molar-refractivity contribution in [2.24, 2.45) is 0 Å². The summed E-state index contributed by atoms with van der Waals surface area (Å²) in [4.78, 5) is 16.7. The maximum Gasteiger partial charge on any atom is 2.00 e. The third-order valence-corrected chi connectivity index (χ3v) is 0. The summed E-state index contributed by atoms with van der Waals surface area (Å²) in [7, 11) is 0. The molecule has 0 heterocycles. The Kier molecular flexibility index (Phi) is 631. The Hall–Kier alpha value is 0.897. The molecule has 0 aromatic heterocycles. The van der Waals surface area contributed by atoms with E-state index in [1.807, 2.05) is 0 Å². The molecule has 20 heavy (non-hydrogen) atoms. The fourth-order valence-corrected chi connectivity index (χ4v) is 0. The van der Waals surface area contributed by atoms with Crippen LogP contribution < -0.4 is 20.4 Å². The molecule has 0 aliphatic heterocycles. The van der Waals surface area contributed by atoms with Gasteiger partial charge in [0.2, 0.25) is 0 Å². The van der Waals surface area contributed by atoms with Crippen molar-refractivity contribution in [3.63, 3.8) is 0 Å². The van der Waals surface area contributed by atoms with Gasteiger partial charge in [0.25, 0.3) is 0 Å². The van der Waals surface area contributed by atoms with Gasteiger partial charge in [-0.05, 0) is 12.3 Å². The Morgan fingerprint density at radius 3 is 0.500 bits per heavy atom. The van der Waals surface area contributed by atoms with Gasteiger partial charge in [0.1, 0.15) is 0 Å². The minimum atomic E-state index is -2.33. The van der Waals surface area contributed by atoms with Crippen LogP contribution in [-0.2, 0) is 104 Å². The average Bonchev–Trinajstić information content (AvgIpc) is 2.12. The number of carbonyl (C=O) groups is 2. The number of rotatable bonds is 0. The van der Waals surface area contributed by atoms with Gasteiger partial charge in [0.15, 0.2) is 0 Å². The summed E-state index contributed by atoms with van der Waals surface area (Å²) in [6, 6.07) is 0. The van der Waals surface area contributed by atoms with Crippen molar-refractivity contribution in [1.29, 1.82) is 0 Å². The van der Waals surface area contributed by atoms with Gasteiger partial charge in [0.05, 0.1) is 0 Å². The van der Waals surface area contributed by atoms with E-state index in [9.17, 15) is 0 Å². The van der Waals surface area contributed by atoms with Gasteiger partial charge in [-0.25, -0.2) is 0 Å². The molecule has 0 aromatic rings. The van der Waals surface area contributed by atoms with Crippen LogP contribution in [0.1, 0.15) is 0 Å². The van der Waals surface area contributed by atoms with Crippen LogP contribution in [0.15, 0.2) is 0 Å². The third kappa shape index (κ3) is 7520. The Morgan fingerprint density at radius 2 is 0.500 bits per heavy atom. The molecule has 0 atom stereocenters. The van der Waals surface area contributed by atoms with Crippen LogP contribution >= 0.6 is 0 Å². The number of hydrogen-bond acceptors (Lipinski definition) is 9. The Morgan fingerprint density at radius 1 is 0.500 bits per heavy atom. The van der Waals surface area contributed by atoms with Crippen LogP contribution in [0.2, 0.25) is 0 Å². The van der Waals surface area contributed by atoms with Gasteiger partial charge in [-0.2, -0.15) is 0 Å². The zero-order valence-corrected chi connectivity index (χ0v) is 25.0.